The van der Waals surface area contributed by atoms with E-state index in [0.717, 1.165) is 12.8 Å². The van der Waals surface area contributed by atoms with Crippen LogP contribution in [0.1, 0.15) is 43.2 Å². The van der Waals surface area contributed by atoms with Crippen LogP contribution in [0.15, 0.2) is 6.33 Å². The first-order valence-electron chi connectivity index (χ1n) is 6.11. The second-order valence-electron chi connectivity index (χ2n) is 5.78. The normalized spacial score (nSPS) is 18.4. The van der Waals surface area contributed by atoms with E-state index < -0.39 is 5.97 Å². The highest BCUT2D eigenvalue weighted by Crippen LogP contribution is 2.48. The first kappa shape index (κ1) is 11.9. The number of nitrogens with zero attached hydrogens (tertiary/aromatic N) is 4. The molecule has 1 aliphatic rings. The first-order valence-corrected chi connectivity index (χ1v) is 6.11. The molecular weight excluding hydrogens is 246 g/mol. The molecule has 0 amide bonds. The summed E-state index contributed by atoms with van der Waals surface area (Å²) in [6.07, 6.45) is 3.24. The minimum atomic E-state index is -1.11. The Labute approximate surface area is 109 Å². The smallest absolute Gasteiger partial charge is 0.357 e. The quantitative estimate of drug-likeness (QED) is 0.847. The molecule has 1 fully saturated rings. The minimum absolute atomic E-state index is 0.0715. The number of anilines is 1. The van der Waals surface area contributed by atoms with E-state index in [-0.39, 0.29) is 23.0 Å². The molecule has 7 heteroatoms. The Morgan fingerprint density at radius 3 is 2.74 bits per heavy atom. The zero-order valence-electron chi connectivity index (χ0n) is 10.8. The van der Waals surface area contributed by atoms with E-state index in [0.29, 0.717) is 11.0 Å². The molecule has 3 rings (SSSR count). The van der Waals surface area contributed by atoms with Gasteiger partial charge in [-0.05, 0) is 18.3 Å². The summed E-state index contributed by atoms with van der Waals surface area (Å²) in [6, 6.07) is 0.180. The third-order valence-corrected chi connectivity index (χ3v) is 3.64. The Morgan fingerprint density at radius 2 is 2.16 bits per heavy atom. The van der Waals surface area contributed by atoms with Crippen molar-refractivity contribution in [2.45, 2.75) is 32.7 Å². The zero-order chi connectivity index (χ0) is 13.8. The molecule has 2 aromatic rings. The van der Waals surface area contributed by atoms with Crippen molar-refractivity contribution >= 4 is 22.8 Å². The van der Waals surface area contributed by atoms with Crippen LogP contribution in [-0.2, 0) is 0 Å². The van der Waals surface area contributed by atoms with Gasteiger partial charge in [-0.15, -0.1) is 0 Å². The van der Waals surface area contributed by atoms with Gasteiger partial charge in [-0.25, -0.2) is 19.4 Å². The number of nitrogens with two attached hydrogens (primary N) is 1. The van der Waals surface area contributed by atoms with Gasteiger partial charge in [0.15, 0.2) is 11.3 Å². The van der Waals surface area contributed by atoms with Crippen LogP contribution in [0.5, 0.6) is 0 Å². The maximum atomic E-state index is 11.2. The number of carboxylic acid groups (broad SMARTS) is 1. The van der Waals surface area contributed by atoms with Crippen LogP contribution < -0.4 is 5.73 Å². The van der Waals surface area contributed by atoms with Crippen molar-refractivity contribution in [1.82, 2.24) is 19.7 Å². The summed E-state index contributed by atoms with van der Waals surface area (Å²) in [4.78, 5) is 19.2. The molecular formula is C12H15N5O2. The lowest BCUT2D eigenvalue weighted by molar-refractivity contribution is 0.0684. The largest absolute Gasteiger partial charge is 0.476 e. The van der Waals surface area contributed by atoms with Gasteiger partial charge in [0.05, 0.1) is 11.4 Å². The molecule has 0 radical (unpaired) electrons. The molecule has 1 aliphatic carbocycles. The Morgan fingerprint density at radius 1 is 1.47 bits per heavy atom. The number of hydrogen-bond donors (Lipinski definition) is 2. The standard InChI is InChI=1S/C12H15N5O2/c1-12(2)3-6(4-12)17-10-7(8(16-17)11(18)19)9(13)14-5-15-10/h5-6H,3-4H2,1-2H3,(H,18,19)(H2,13,14,15). The van der Waals surface area contributed by atoms with Crippen LogP contribution >= 0.6 is 0 Å². The molecule has 0 aliphatic heterocycles. The number of carbonyl (C=O) groups is 1. The van der Waals surface area contributed by atoms with E-state index >= 15 is 0 Å². The SMILES string of the molecule is CC1(C)CC(n2nc(C(=O)O)c3c(N)ncnc32)C1. The summed E-state index contributed by atoms with van der Waals surface area (Å²) in [7, 11) is 0. The van der Waals surface area contributed by atoms with Gasteiger partial charge >= 0.3 is 5.97 Å². The maximum Gasteiger partial charge on any atom is 0.357 e. The number of aromatic nitrogens is 4. The van der Waals surface area contributed by atoms with Crippen LogP contribution in [0.2, 0.25) is 0 Å². The van der Waals surface area contributed by atoms with E-state index in [9.17, 15) is 9.90 Å². The first-order chi connectivity index (χ1) is 8.89. The molecule has 2 heterocycles. The molecule has 0 spiro atoms. The van der Waals surface area contributed by atoms with Gasteiger partial charge in [0.2, 0.25) is 0 Å². The fraction of sp³-hybridized carbons (Fsp3) is 0.500. The summed E-state index contributed by atoms with van der Waals surface area (Å²) in [5, 5.41) is 13.7. The molecule has 0 atom stereocenters. The molecule has 3 N–H and O–H groups in total. The zero-order valence-corrected chi connectivity index (χ0v) is 10.8. The van der Waals surface area contributed by atoms with E-state index in [4.69, 9.17) is 5.73 Å². The van der Waals surface area contributed by atoms with Crippen molar-refractivity contribution in [2.75, 3.05) is 5.73 Å². The van der Waals surface area contributed by atoms with E-state index in [1.54, 1.807) is 4.68 Å². The van der Waals surface area contributed by atoms with Crippen molar-refractivity contribution in [3.63, 3.8) is 0 Å². The molecule has 0 aromatic carbocycles. The lowest BCUT2D eigenvalue weighted by Gasteiger charge is -2.42. The molecule has 0 bridgehead atoms. The van der Waals surface area contributed by atoms with E-state index in [1.165, 1.54) is 6.33 Å². The molecule has 0 saturated heterocycles. The fourth-order valence-corrected chi connectivity index (χ4v) is 2.79. The third kappa shape index (κ3) is 1.73. The summed E-state index contributed by atoms with van der Waals surface area (Å²) in [5.74, 6) is -0.948. The predicted octanol–water partition coefficient (Wildman–Crippen LogP) is 1.47. The summed E-state index contributed by atoms with van der Waals surface area (Å²) in [6.45, 7) is 4.35. The van der Waals surface area contributed by atoms with Crippen molar-refractivity contribution < 1.29 is 9.90 Å². The fourth-order valence-electron chi connectivity index (χ4n) is 2.79. The maximum absolute atomic E-state index is 11.2. The van der Waals surface area contributed by atoms with Crippen LogP contribution in [-0.4, -0.2) is 30.8 Å². The van der Waals surface area contributed by atoms with Gasteiger partial charge in [-0.3, -0.25) is 0 Å². The lowest BCUT2D eigenvalue weighted by atomic mass is 9.68. The number of aromatic carboxylic acids is 1. The van der Waals surface area contributed by atoms with Crippen molar-refractivity contribution in [2.24, 2.45) is 5.41 Å². The van der Waals surface area contributed by atoms with Gasteiger partial charge in [-0.1, -0.05) is 13.8 Å². The second-order valence-corrected chi connectivity index (χ2v) is 5.78. The van der Waals surface area contributed by atoms with Crippen LogP contribution in [0.4, 0.5) is 5.82 Å². The average molecular weight is 261 g/mol. The number of fused-ring (bicyclic) bond motifs is 1. The van der Waals surface area contributed by atoms with E-state index in [1.807, 2.05) is 0 Å². The average Bonchev–Trinajstić information content (AvgIpc) is 2.66. The highest BCUT2D eigenvalue weighted by Gasteiger charge is 2.39. The topological polar surface area (TPSA) is 107 Å². The monoisotopic (exact) mass is 261 g/mol. The van der Waals surface area contributed by atoms with Crippen LogP contribution in [0.3, 0.4) is 0 Å². The van der Waals surface area contributed by atoms with E-state index in [2.05, 4.69) is 28.9 Å². The summed E-state index contributed by atoms with van der Waals surface area (Å²) >= 11 is 0. The number of hydrogen-bond acceptors (Lipinski definition) is 5. The predicted molar refractivity (Wildman–Crippen MR) is 68.7 cm³/mol. The number of nitrogen functional groups attached to an aromatic ring is 1. The minimum Gasteiger partial charge on any atom is -0.476 e. The highest BCUT2D eigenvalue weighted by atomic mass is 16.4. The Balaban J connectivity index is 2.16. The van der Waals surface area contributed by atoms with Crippen molar-refractivity contribution in [1.29, 1.82) is 0 Å². The van der Waals surface area contributed by atoms with Gasteiger partial charge in [0.25, 0.3) is 0 Å². The number of rotatable bonds is 2. The van der Waals surface area contributed by atoms with Crippen molar-refractivity contribution in [3.05, 3.63) is 12.0 Å². The summed E-state index contributed by atoms with van der Waals surface area (Å²) < 4.78 is 1.68. The number of carboxylic acids is 1. The Kier molecular flexibility index (Phi) is 2.29. The second kappa shape index (κ2) is 3.66. The van der Waals surface area contributed by atoms with Crippen molar-refractivity contribution in [3.8, 4) is 0 Å². The molecule has 2 aromatic heterocycles. The molecule has 1 saturated carbocycles. The Bertz CT molecular complexity index is 668. The molecule has 100 valence electrons. The summed E-state index contributed by atoms with van der Waals surface area (Å²) in [5.41, 5.74) is 6.46. The van der Waals surface area contributed by atoms with Gasteiger partial charge in [-0.2, -0.15) is 5.10 Å². The van der Waals surface area contributed by atoms with Crippen LogP contribution in [0.25, 0.3) is 11.0 Å². The van der Waals surface area contributed by atoms with Gasteiger partial charge < -0.3 is 10.8 Å². The highest BCUT2D eigenvalue weighted by molar-refractivity contribution is 6.04. The molecule has 0 unspecified atom stereocenters. The Hall–Kier alpha value is -2.18. The lowest BCUT2D eigenvalue weighted by Crippen LogP contribution is -2.34. The molecule has 7 nitrogen and oxygen atoms in total. The van der Waals surface area contributed by atoms with Crippen LogP contribution in [0, 0.1) is 5.41 Å². The van der Waals surface area contributed by atoms with Gasteiger partial charge in [0.1, 0.15) is 12.1 Å². The van der Waals surface area contributed by atoms with Gasteiger partial charge in [0, 0.05) is 0 Å². The molecule has 19 heavy (non-hydrogen) atoms. The third-order valence-electron chi connectivity index (χ3n) is 3.64.